The van der Waals surface area contributed by atoms with E-state index in [1.54, 1.807) is 30.5 Å². The molecule has 1 N–H and O–H groups in total. The van der Waals surface area contributed by atoms with Gasteiger partial charge in [0, 0.05) is 31.0 Å². The lowest BCUT2D eigenvalue weighted by Crippen LogP contribution is -2.55. The molecule has 29 heavy (non-hydrogen) atoms. The molecule has 2 aromatic heterocycles. The van der Waals surface area contributed by atoms with Crippen LogP contribution in [0.25, 0.3) is 0 Å². The summed E-state index contributed by atoms with van der Waals surface area (Å²) in [5.41, 5.74) is 5.46. The lowest BCUT2D eigenvalue weighted by molar-refractivity contribution is -0.120. The second kappa shape index (κ2) is 8.14. The third-order valence-electron chi connectivity index (χ3n) is 5.82. The average molecular weight is 393 g/mol. The summed E-state index contributed by atoms with van der Waals surface area (Å²) in [5, 5.41) is 4.41. The molecule has 1 unspecified atom stereocenters. The minimum absolute atomic E-state index is 0.113. The highest BCUT2D eigenvalue weighted by Gasteiger charge is 2.41. The van der Waals surface area contributed by atoms with Gasteiger partial charge >= 0.3 is 0 Å². The smallest absolute Gasteiger partial charge is 0.249 e. The summed E-state index contributed by atoms with van der Waals surface area (Å²) in [6.07, 6.45) is 10.5. The maximum atomic E-state index is 12.9. The van der Waals surface area contributed by atoms with Gasteiger partial charge < -0.3 is 9.80 Å². The van der Waals surface area contributed by atoms with E-state index in [9.17, 15) is 4.79 Å². The molecule has 0 spiro atoms. The van der Waals surface area contributed by atoms with Gasteiger partial charge in [0.25, 0.3) is 0 Å². The predicted octanol–water partition coefficient (Wildman–Crippen LogP) is 3.21. The first-order valence-corrected chi connectivity index (χ1v) is 10.2. The van der Waals surface area contributed by atoms with Crippen molar-refractivity contribution in [1.82, 2.24) is 15.0 Å². The summed E-state index contributed by atoms with van der Waals surface area (Å²) in [6.45, 7) is 3.97. The molecule has 8 nitrogen and oxygen atoms in total. The zero-order valence-corrected chi connectivity index (χ0v) is 17.2. The number of hydrogen-bond donors (Lipinski definition) is 1. The Balaban J connectivity index is 1.66. The molecular formula is C21H27N7O. The molecule has 1 aliphatic carbocycles. The number of rotatable bonds is 5. The van der Waals surface area contributed by atoms with E-state index in [0.29, 0.717) is 12.0 Å². The van der Waals surface area contributed by atoms with Gasteiger partial charge in [0.15, 0.2) is 5.82 Å². The van der Waals surface area contributed by atoms with Crippen LogP contribution < -0.4 is 15.2 Å². The fourth-order valence-electron chi connectivity index (χ4n) is 4.21. The van der Waals surface area contributed by atoms with E-state index >= 15 is 0 Å². The number of anilines is 3. The zero-order valence-electron chi connectivity index (χ0n) is 17.2. The van der Waals surface area contributed by atoms with E-state index < -0.39 is 0 Å². The van der Waals surface area contributed by atoms with Crippen molar-refractivity contribution < 1.29 is 4.79 Å². The Labute approximate surface area is 171 Å². The van der Waals surface area contributed by atoms with Gasteiger partial charge in [0.1, 0.15) is 11.7 Å². The standard InChI is InChI=1S/C21H27N7O/c1-4-17-20(29)27(3)18-13-23-21(24-19(18)28(17)16-9-5-6-10-16)26-25-14(2)15-8-7-11-22-12-15/h7-8,11-13,16-17H,4-6,9-10H2,1-3H3,(H,23,24,26)/b25-14+. The van der Waals surface area contributed by atoms with Crippen LogP contribution in [0.1, 0.15) is 51.5 Å². The van der Waals surface area contributed by atoms with Crippen LogP contribution >= 0.6 is 0 Å². The summed E-state index contributed by atoms with van der Waals surface area (Å²) in [7, 11) is 1.80. The molecule has 8 heteroatoms. The maximum Gasteiger partial charge on any atom is 0.249 e. The van der Waals surface area contributed by atoms with E-state index in [0.717, 1.165) is 42.0 Å². The van der Waals surface area contributed by atoms with Crippen LogP contribution in [0.4, 0.5) is 17.5 Å². The van der Waals surface area contributed by atoms with Gasteiger partial charge in [-0.3, -0.25) is 9.78 Å². The van der Waals surface area contributed by atoms with Gasteiger partial charge in [-0.1, -0.05) is 25.8 Å². The number of nitrogens with one attached hydrogen (secondary N) is 1. The van der Waals surface area contributed by atoms with Crippen molar-refractivity contribution in [3.8, 4) is 0 Å². The van der Waals surface area contributed by atoms with E-state index in [1.807, 2.05) is 19.1 Å². The van der Waals surface area contributed by atoms with E-state index in [1.165, 1.54) is 12.8 Å². The second-order valence-electron chi connectivity index (χ2n) is 7.62. The van der Waals surface area contributed by atoms with Crippen molar-refractivity contribution in [3.05, 3.63) is 36.3 Å². The van der Waals surface area contributed by atoms with E-state index in [2.05, 4.69) is 32.3 Å². The zero-order chi connectivity index (χ0) is 20.4. The second-order valence-corrected chi connectivity index (χ2v) is 7.62. The van der Waals surface area contributed by atoms with Crippen LogP contribution in [-0.2, 0) is 4.79 Å². The molecule has 0 saturated heterocycles. The monoisotopic (exact) mass is 393 g/mol. The summed E-state index contributed by atoms with van der Waals surface area (Å²) in [4.78, 5) is 30.1. The largest absolute Gasteiger partial charge is 0.340 e. The van der Waals surface area contributed by atoms with Crippen LogP contribution in [0.3, 0.4) is 0 Å². The molecule has 0 aromatic carbocycles. The number of hydrazone groups is 1. The summed E-state index contributed by atoms with van der Waals surface area (Å²) in [6, 6.07) is 4.00. The first kappa shape index (κ1) is 19.3. The molecule has 2 aliphatic rings. The minimum atomic E-state index is -0.181. The van der Waals surface area contributed by atoms with Gasteiger partial charge in [-0.25, -0.2) is 10.4 Å². The lowest BCUT2D eigenvalue weighted by atomic mass is 10.0. The quantitative estimate of drug-likeness (QED) is 0.620. The van der Waals surface area contributed by atoms with E-state index in [-0.39, 0.29) is 11.9 Å². The van der Waals surface area contributed by atoms with Gasteiger partial charge in [0.05, 0.1) is 11.9 Å². The third-order valence-corrected chi connectivity index (χ3v) is 5.82. The third kappa shape index (κ3) is 3.66. The fourth-order valence-corrected chi connectivity index (χ4v) is 4.21. The molecule has 1 amide bonds. The summed E-state index contributed by atoms with van der Waals surface area (Å²) in [5.74, 6) is 1.35. The number of pyridine rings is 1. The van der Waals surface area contributed by atoms with Gasteiger partial charge in [-0.2, -0.15) is 10.1 Å². The van der Waals surface area contributed by atoms with E-state index in [4.69, 9.17) is 4.98 Å². The highest BCUT2D eigenvalue weighted by molar-refractivity contribution is 6.04. The normalized spacial score (nSPS) is 20.2. The predicted molar refractivity (Wildman–Crippen MR) is 114 cm³/mol. The summed E-state index contributed by atoms with van der Waals surface area (Å²) < 4.78 is 0. The average Bonchev–Trinajstić information content (AvgIpc) is 3.29. The van der Waals surface area contributed by atoms with Crippen LogP contribution in [0, 0.1) is 0 Å². The number of aromatic nitrogens is 3. The van der Waals surface area contributed by atoms with Gasteiger partial charge in [0.2, 0.25) is 11.9 Å². The highest BCUT2D eigenvalue weighted by atomic mass is 16.2. The number of amides is 1. The molecule has 1 atom stereocenters. The first-order chi connectivity index (χ1) is 14.1. The van der Waals surface area contributed by atoms with Crippen molar-refractivity contribution in [2.75, 3.05) is 22.3 Å². The number of carbonyl (C=O) groups is 1. The SMILES string of the molecule is CCC1C(=O)N(C)c2cnc(N/N=C(\C)c3cccnc3)nc2N1C1CCCC1. The van der Waals surface area contributed by atoms with Crippen LogP contribution in [-0.4, -0.2) is 45.7 Å². The molecule has 1 saturated carbocycles. The number of fused-ring (bicyclic) bond motifs is 1. The van der Waals surface area contributed by atoms with Crippen molar-refractivity contribution in [1.29, 1.82) is 0 Å². The number of likely N-dealkylation sites (N-methyl/N-ethyl adjacent to an activating group) is 1. The minimum Gasteiger partial charge on any atom is -0.340 e. The van der Waals surface area contributed by atoms with Crippen LogP contribution in [0.15, 0.2) is 35.8 Å². The molecule has 2 aromatic rings. The Bertz CT molecular complexity index is 909. The molecular weight excluding hydrogens is 366 g/mol. The first-order valence-electron chi connectivity index (χ1n) is 10.2. The van der Waals surface area contributed by atoms with Gasteiger partial charge in [-0.15, -0.1) is 0 Å². The molecule has 3 heterocycles. The van der Waals surface area contributed by atoms with Crippen molar-refractivity contribution >= 4 is 29.1 Å². The number of nitrogens with zero attached hydrogens (tertiary/aromatic N) is 6. The highest BCUT2D eigenvalue weighted by Crippen LogP contribution is 2.39. The van der Waals surface area contributed by atoms with Crippen LogP contribution in [0.5, 0.6) is 0 Å². The number of carbonyl (C=O) groups excluding carboxylic acids is 1. The van der Waals surface area contributed by atoms with Crippen LogP contribution in [0.2, 0.25) is 0 Å². The maximum absolute atomic E-state index is 12.9. The lowest BCUT2D eigenvalue weighted by Gasteiger charge is -2.43. The molecule has 0 radical (unpaired) electrons. The Morgan fingerprint density at radius 2 is 2.10 bits per heavy atom. The Kier molecular flexibility index (Phi) is 5.42. The van der Waals surface area contributed by atoms with Gasteiger partial charge in [-0.05, 0) is 32.3 Å². The molecule has 1 aliphatic heterocycles. The topological polar surface area (TPSA) is 86.6 Å². The molecule has 1 fully saturated rings. The molecule has 152 valence electrons. The molecule has 0 bridgehead atoms. The van der Waals surface area contributed by atoms with Crippen molar-refractivity contribution in [3.63, 3.8) is 0 Å². The summed E-state index contributed by atoms with van der Waals surface area (Å²) >= 11 is 0. The Morgan fingerprint density at radius 3 is 2.79 bits per heavy atom. The molecule has 4 rings (SSSR count). The fraction of sp³-hybridized carbons (Fsp3) is 0.476. The Morgan fingerprint density at radius 1 is 1.31 bits per heavy atom. The van der Waals surface area contributed by atoms with Crippen molar-refractivity contribution in [2.45, 2.75) is 58.0 Å². The number of hydrogen-bond acceptors (Lipinski definition) is 7. The Hall–Kier alpha value is -3.03. The van der Waals surface area contributed by atoms with Crippen molar-refractivity contribution in [2.24, 2.45) is 5.10 Å².